The van der Waals surface area contributed by atoms with Gasteiger partial charge in [-0.3, -0.25) is 4.79 Å². The van der Waals surface area contributed by atoms with Gasteiger partial charge >= 0.3 is 5.97 Å². The number of amides is 1. The lowest BCUT2D eigenvalue weighted by atomic mass is 10.4. The first-order valence-electron chi connectivity index (χ1n) is 4.74. The molecule has 5 nitrogen and oxygen atoms in total. The summed E-state index contributed by atoms with van der Waals surface area (Å²) in [7, 11) is 0. The molecule has 0 unspecified atom stereocenters. The summed E-state index contributed by atoms with van der Waals surface area (Å²) in [6.45, 7) is -1.17. The van der Waals surface area contributed by atoms with E-state index >= 15 is 0 Å². The van der Waals surface area contributed by atoms with E-state index in [4.69, 9.17) is 9.22 Å². The highest BCUT2D eigenvalue weighted by molar-refractivity contribution is 7.15. The Labute approximate surface area is 82.6 Å². The van der Waals surface area contributed by atoms with Crippen molar-refractivity contribution in [2.75, 3.05) is 6.98 Å². The van der Waals surface area contributed by atoms with Gasteiger partial charge in [0.25, 0.3) is 5.91 Å². The SMILES string of the molecule is [2H]C([2H])([2H])NC(=O)c1nc(C)c(C(=O)O)s1. The minimum absolute atomic E-state index is 0.0734. The van der Waals surface area contributed by atoms with E-state index in [1.165, 1.54) is 6.92 Å². The van der Waals surface area contributed by atoms with E-state index in [0.29, 0.717) is 11.3 Å². The molecule has 1 amide bonds. The Hall–Kier alpha value is -1.43. The molecular formula is C7H8N2O3S. The largest absolute Gasteiger partial charge is 0.477 e. The number of carboxylic acids is 1. The predicted molar refractivity (Wildman–Crippen MR) is 47.2 cm³/mol. The summed E-state index contributed by atoms with van der Waals surface area (Å²) < 4.78 is 20.5. The lowest BCUT2D eigenvalue weighted by molar-refractivity contribution is 0.0701. The fourth-order valence-electron chi connectivity index (χ4n) is 0.745. The van der Waals surface area contributed by atoms with Crippen LogP contribution < -0.4 is 5.32 Å². The van der Waals surface area contributed by atoms with Crippen molar-refractivity contribution >= 4 is 23.2 Å². The van der Waals surface area contributed by atoms with E-state index in [1.54, 1.807) is 5.32 Å². The topological polar surface area (TPSA) is 79.3 Å². The number of nitrogens with one attached hydrogen (secondary N) is 1. The summed E-state index contributed by atoms with van der Waals surface area (Å²) in [5.41, 5.74) is 0.188. The standard InChI is InChI=1S/C7H8N2O3S/c1-3-4(7(11)12)13-6(9-3)5(10)8-2/h1-2H3,(H,8,10)(H,11,12)/i2D3. The monoisotopic (exact) mass is 203 g/mol. The average Bonchev–Trinajstić information content (AvgIpc) is 2.44. The average molecular weight is 203 g/mol. The van der Waals surface area contributed by atoms with Crippen LogP contribution in [-0.4, -0.2) is 28.9 Å². The summed E-state index contributed by atoms with van der Waals surface area (Å²) in [4.78, 5) is 25.6. The van der Waals surface area contributed by atoms with Gasteiger partial charge in [0.2, 0.25) is 0 Å². The molecule has 1 aromatic rings. The van der Waals surface area contributed by atoms with Gasteiger partial charge in [0.15, 0.2) is 5.01 Å². The zero-order chi connectivity index (χ0) is 12.5. The van der Waals surface area contributed by atoms with Gasteiger partial charge in [0.1, 0.15) is 4.88 Å². The van der Waals surface area contributed by atoms with Gasteiger partial charge in [-0.1, -0.05) is 0 Å². The summed E-state index contributed by atoms with van der Waals surface area (Å²) in [5.74, 6) is -2.09. The molecular weight excluding hydrogens is 192 g/mol. The van der Waals surface area contributed by atoms with Crippen molar-refractivity contribution in [1.82, 2.24) is 10.3 Å². The molecule has 0 spiro atoms. The van der Waals surface area contributed by atoms with Crippen molar-refractivity contribution < 1.29 is 18.8 Å². The number of aromatic nitrogens is 1. The second-order valence-electron chi connectivity index (χ2n) is 2.19. The Morgan fingerprint density at radius 1 is 1.69 bits per heavy atom. The molecule has 0 aliphatic rings. The number of thiazole rings is 1. The van der Waals surface area contributed by atoms with Crippen molar-refractivity contribution in [3.63, 3.8) is 0 Å². The van der Waals surface area contributed by atoms with Crippen LogP contribution in [0.15, 0.2) is 0 Å². The van der Waals surface area contributed by atoms with Crippen LogP contribution in [0.4, 0.5) is 0 Å². The highest BCUT2D eigenvalue weighted by atomic mass is 32.1. The zero-order valence-corrected chi connectivity index (χ0v) is 7.44. The lowest BCUT2D eigenvalue weighted by Gasteiger charge is -1.89. The first-order chi connectivity index (χ1) is 7.20. The van der Waals surface area contributed by atoms with E-state index in [9.17, 15) is 9.59 Å². The fourth-order valence-corrected chi connectivity index (χ4v) is 1.55. The lowest BCUT2D eigenvalue weighted by Crippen LogP contribution is -2.17. The van der Waals surface area contributed by atoms with Gasteiger partial charge in [-0.05, 0) is 6.92 Å². The summed E-state index contributed by atoms with van der Waals surface area (Å²) in [5, 5.41) is 10.3. The molecule has 0 saturated heterocycles. The number of hydrogen-bond acceptors (Lipinski definition) is 4. The molecule has 0 radical (unpaired) electrons. The Morgan fingerprint density at radius 2 is 2.38 bits per heavy atom. The number of carbonyl (C=O) groups is 2. The van der Waals surface area contributed by atoms with Crippen LogP contribution in [0.3, 0.4) is 0 Å². The van der Waals surface area contributed by atoms with Crippen molar-refractivity contribution in [1.29, 1.82) is 0 Å². The summed E-state index contributed by atoms with van der Waals surface area (Å²) >= 11 is 0.644. The normalized spacial score (nSPS) is 14.1. The zero-order valence-electron chi connectivity index (χ0n) is 9.62. The summed E-state index contributed by atoms with van der Waals surface area (Å²) in [6.07, 6.45) is 0. The van der Waals surface area contributed by atoms with Crippen LogP contribution in [0, 0.1) is 6.92 Å². The second-order valence-corrected chi connectivity index (χ2v) is 3.19. The number of carbonyl (C=O) groups excluding carboxylic acids is 1. The van der Waals surface area contributed by atoms with Crippen LogP contribution in [0.1, 0.15) is 29.3 Å². The number of hydrogen-bond donors (Lipinski definition) is 2. The third kappa shape index (κ3) is 1.83. The Morgan fingerprint density at radius 3 is 2.85 bits per heavy atom. The molecule has 0 saturated carbocycles. The molecule has 1 rings (SSSR count). The van der Waals surface area contributed by atoms with Crippen molar-refractivity contribution in [3.8, 4) is 0 Å². The Balaban J connectivity index is 2.94. The molecule has 13 heavy (non-hydrogen) atoms. The highest BCUT2D eigenvalue weighted by Crippen LogP contribution is 2.17. The van der Waals surface area contributed by atoms with Crippen molar-refractivity contribution in [2.45, 2.75) is 6.92 Å². The smallest absolute Gasteiger partial charge is 0.347 e. The molecule has 6 heteroatoms. The molecule has 0 atom stereocenters. The van der Waals surface area contributed by atoms with Crippen LogP contribution in [-0.2, 0) is 0 Å². The Kier molecular flexibility index (Phi) is 1.65. The second kappa shape index (κ2) is 3.53. The van der Waals surface area contributed by atoms with Gasteiger partial charge in [-0.15, -0.1) is 11.3 Å². The summed E-state index contributed by atoms with van der Waals surface area (Å²) in [6, 6.07) is 0. The first-order valence-corrected chi connectivity index (χ1v) is 4.05. The molecule has 0 bridgehead atoms. The van der Waals surface area contributed by atoms with E-state index in [-0.39, 0.29) is 15.6 Å². The molecule has 0 aliphatic carbocycles. The van der Waals surface area contributed by atoms with Gasteiger partial charge in [0, 0.05) is 11.1 Å². The van der Waals surface area contributed by atoms with Crippen molar-refractivity contribution in [2.24, 2.45) is 0 Å². The molecule has 0 aromatic carbocycles. The number of aryl methyl sites for hydroxylation is 1. The first kappa shape index (κ1) is 6.09. The van der Waals surface area contributed by atoms with Crippen LogP contribution in [0.2, 0.25) is 0 Å². The van der Waals surface area contributed by atoms with Crippen molar-refractivity contribution in [3.05, 3.63) is 15.6 Å². The third-order valence-corrected chi connectivity index (χ3v) is 2.44. The number of carboxylic acid groups (broad SMARTS) is 1. The Bertz CT molecular complexity index is 441. The molecule has 0 fully saturated rings. The minimum atomic E-state index is -2.61. The van der Waals surface area contributed by atoms with Gasteiger partial charge in [0.05, 0.1) is 5.69 Å². The number of nitrogens with zero attached hydrogens (tertiary/aromatic N) is 1. The molecule has 70 valence electrons. The van der Waals surface area contributed by atoms with E-state index in [1.807, 2.05) is 0 Å². The van der Waals surface area contributed by atoms with Crippen LogP contribution in [0.25, 0.3) is 0 Å². The predicted octanol–water partition coefficient (Wildman–Crippen LogP) is 0.509. The maximum atomic E-state index is 11.3. The quantitative estimate of drug-likeness (QED) is 0.734. The maximum Gasteiger partial charge on any atom is 0.347 e. The molecule has 1 heterocycles. The fraction of sp³-hybridized carbons (Fsp3) is 0.286. The van der Waals surface area contributed by atoms with Gasteiger partial charge in [-0.25, -0.2) is 9.78 Å². The minimum Gasteiger partial charge on any atom is -0.477 e. The van der Waals surface area contributed by atoms with E-state index in [0.717, 1.165) is 0 Å². The number of aromatic carboxylic acids is 1. The van der Waals surface area contributed by atoms with Gasteiger partial charge < -0.3 is 10.4 Å². The van der Waals surface area contributed by atoms with E-state index < -0.39 is 18.9 Å². The maximum absolute atomic E-state index is 11.3. The van der Waals surface area contributed by atoms with Gasteiger partial charge in [-0.2, -0.15) is 0 Å². The highest BCUT2D eigenvalue weighted by Gasteiger charge is 2.17. The molecule has 1 aromatic heterocycles. The third-order valence-electron chi connectivity index (χ3n) is 1.30. The molecule has 2 N–H and O–H groups in total. The van der Waals surface area contributed by atoms with Crippen LogP contribution >= 0.6 is 11.3 Å². The molecule has 0 aliphatic heterocycles. The number of rotatable bonds is 2. The van der Waals surface area contributed by atoms with Crippen LogP contribution in [0.5, 0.6) is 0 Å². The van der Waals surface area contributed by atoms with E-state index in [2.05, 4.69) is 4.98 Å².